The second kappa shape index (κ2) is 9.87. The van der Waals surface area contributed by atoms with Gasteiger partial charge in [0.05, 0.1) is 5.75 Å². The zero-order valence-corrected chi connectivity index (χ0v) is 13.4. The second-order valence-corrected chi connectivity index (χ2v) is 6.98. The van der Waals surface area contributed by atoms with Gasteiger partial charge in [0.25, 0.3) is 0 Å². The molecule has 120 valence electrons. The highest BCUT2D eigenvalue weighted by Gasteiger charge is 2.09. The quantitative estimate of drug-likeness (QED) is 0.615. The van der Waals surface area contributed by atoms with Crippen molar-refractivity contribution in [3.8, 4) is 0 Å². The van der Waals surface area contributed by atoms with Gasteiger partial charge in [-0.1, -0.05) is 19.1 Å². The molecule has 0 saturated heterocycles. The minimum Gasteiger partial charge on any atom is -0.317 e. The zero-order valence-electron chi connectivity index (χ0n) is 12.6. The van der Waals surface area contributed by atoms with E-state index in [1.165, 1.54) is 12.1 Å². The summed E-state index contributed by atoms with van der Waals surface area (Å²) in [6, 6.07) is 6.22. The van der Waals surface area contributed by atoms with Crippen LogP contribution in [0.3, 0.4) is 0 Å². The van der Waals surface area contributed by atoms with Gasteiger partial charge in [0.2, 0.25) is 10.0 Å². The van der Waals surface area contributed by atoms with Gasteiger partial charge in [-0.15, -0.1) is 0 Å². The number of unbranched alkanes of at least 4 members (excludes halogenated alkanes) is 1. The third-order valence-corrected chi connectivity index (χ3v) is 4.54. The molecule has 2 N–H and O–H groups in total. The number of benzene rings is 1. The largest absolute Gasteiger partial charge is 0.317 e. The molecule has 1 aromatic rings. The molecule has 0 fully saturated rings. The van der Waals surface area contributed by atoms with Crippen molar-refractivity contribution in [1.82, 2.24) is 10.0 Å². The molecule has 0 aliphatic carbocycles. The van der Waals surface area contributed by atoms with Crippen LogP contribution in [0, 0.1) is 5.82 Å². The lowest BCUT2D eigenvalue weighted by Crippen LogP contribution is -2.28. The highest BCUT2D eigenvalue weighted by atomic mass is 32.2. The van der Waals surface area contributed by atoms with Crippen LogP contribution in [0.25, 0.3) is 0 Å². The van der Waals surface area contributed by atoms with Crippen molar-refractivity contribution >= 4 is 10.0 Å². The van der Waals surface area contributed by atoms with Gasteiger partial charge in [-0.2, -0.15) is 0 Å². The molecule has 0 atom stereocenters. The first-order valence-electron chi connectivity index (χ1n) is 7.46. The molecule has 0 heterocycles. The molecule has 1 aromatic carbocycles. The Kier molecular flexibility index (Phi) is 8.49. The van der Waals surface area contributed by atoms with Crippen molar-refractivity contribution in [2.45, 2.75) is 32.6 Å². The summed E-state index contributed by atoms with van der Waals surface area (Å²) in [4.78, 5) is 0. The Morgan fingerprint density at radius 3 is 2.67 bits per heavy atom. The van der Waals surface area contributed by atoms with Crippen molar-refractivity contribution in [3.63, 3.8) is 0 Å². The molecule has 0 unspecified atom stereocenters. The molecule has 0 aromatic heterocycles. The summed E-state index contributed by atoms with van der Waals surface area (Å²) in [6.45, 7) is 4.23. The molecule has 0 spiro atoms. The maximum Gasteiger partial charge on any atom is 0.211 e. The Morgan fingerprint density at radius 1 is 1.14 bits per heavy atom. The van der Waals surface area contributed by atoms with E-state index in [0.29, 0.717) is 19.4 Å². The SMILES string of the molecule is CCCNCCCCS(=O)(=O)NCCc1cccc(F)c1. The summed E-state index contributed by atoms with van der Waals surface area (Å²) in [5.41, 5.74) is 0.793. The van der Waals surface area contributed by atoms with Crippen molar-refractivity contribution in [3.05, 3.63) is 35.6 Å². The minimum absolute atomic E-state index is 0.143. The van der Waals surface area contributed by atoms with E-state index in [4.69, 9.17) is 0 Å². The van der Waals surface area contributed by atoms with Gasteiger partial charge in [-0.3, -0.25) is 0 Å². The highest BCUT2D eigenvalue weighted by molar-refractivity contribution is 7.89. The fourth-order valence-corrected chi connectivity index (χ4v) is 3.10. The van der Waals surface area contributed by atoms with E-state index in [-0.39, 0.29) is 11.6 Å². The highest BCUT2D eigenvalue weighted by Crippen LogP contribution is 2.04. The fourth-order valence-electron chi connectivity index (χ4n) is 1.96. The monoisotopic (exact) mass is 316 g/mol. The number of sulfonamides is 1. The van der Waals surface area contributed by atoms with E-state index < -0.39 is 10.0 Å². The van der Waals surface area contributed by atoms with Gasteiger partial charge < -0.3 is 5.32 Å². The normalized spacial score (nSPS) is 11.7. The van der Waals surface area contributed by atoms with Crippen LogP contribution in [0.5, 0.6) is 0 Å². The van der Waals surface area contributed by atoms with Gasteiger partial charge in [-0.25, -0.2) is 17.5 Å². The molecular formula is C15H25FN2O2S. The van der Waals surface area contributed by atoms with Crippen LogP contribution < -0.4 is 10.0 Å². The summed E-state index contributed by atoms with van der Waals surface area (Å²) in [5, 5.41) is 3.24. The Labute approximate surface area is 127 Å². The molecule has 21 heavy (non-hydrogen) atoms. The molecule has 0 aliphatic rings. The van der Waals surface area contributed by atoms with Crippen molar-refractivity contribution in [1.29, 1.82) is 0 Å². The molecule has 0 saturated carbocycles. The van der Waals surface area contributed by atoms with Gasteiger partial charge in [-0.05, 0) is 56.5 Å². The van der Waals surface area contributed by atoms with Crippen LogP contribution in [0.4, 0.5) is 4.39 Å². The van der Waals surface area contributed by atoms with Crippen molar-refractivity contribution < 1.29 is 12.8 Å². The molecule has 6 heteroatoms. The number of hydrogen-bond acceptors (Lipinski definition) is 3. The Morgan fingerprint density at radius 2 is 1.95 bits per heavy atom. The average molecular weight is 316 g/mol. The molecule has 0 bridgehead atoms. The predicted molar refractivity (Wildman–Crippen MR) is 84.3 cm³/mol. The maximum absolute atomic E-state index is 13.0. The Bertz CT molecular complexity index is 506. The second-order valence-electron chi connectivity index (χ2n) is 5.05. The molecule has 4 nitrogen and oxygen atoms in total. The van der Waals surface area contributed by atoms with Gasteiger partial charge in [0.1, 0.15) is 5.82 Å². The summed E-state index contributed by atoms with van der Waals surface area (Å²) in [6.07, 6.45) is 3.08. The lowest BCUT2D eigenvalue weighted by molar-refractivity contribution is 0.573. The topological polar surface area (TPSA) is 58.2 Å². The minimum atomic E-state index is -3.23. The van der Waals surface area contributed by atoms with E-state index in [9.17, 15) is 12.8 Å². The molecule has 1 rings (SSSR count). The first-order chi connectivity index (χ1) is 10.0. The van der Waals surface area contributed by atoms with Crippen LogP contribution >= 0.6 is 0 Å². The van der Waals surface area contributed by atoms with E-state index in [1.54, 1.807) is 12.1 Å². The van der Waals surface area contributed by atoms with Gasteiger partial charge >= 0.3 is 0 Å². The van der Waals surface area contributed by atoms with Crippen molar-refractivity contribution in [2.24, 2.45) is 0 Å². The first kappa shape index (κ1) is 18.1. The lowest BCUT2D eigenvalue weighted by Gasteiger charge is -2.07. The van der Waals surface area contributed by atoms with Gasteiger partial charge in [0.15, 0.2) is 0 Å². The summed E-state index contributed by atoms with van der Waals surface area (Å²) < 4.78 is 39.1. The van der Waals surface area contributed by atoms with E-state index in [2.05, 4.69) is 17.0 Å². The van der Waals surface area contributed by atoms with Crippen LogP contribution in [0.2, 0.25) is 0 Å². The van der Waals surface area contributed by atoms with E-state index in [1.807, 2.05) is 0 Å². The molecule has 0 amide bonds. The summed E-state index contributed by atoms with van der Waals surface area (Å²) in [7, 11) is -3.23. The predicted octanol–water partition coefficient (Wildman–Crippen LogP) is 2.07. The van der Waals surface area contributed by atoms with Crippen LogP contribution in [0.1, 0.15) is 31.7 Å². The third-order valence-electron chi connectivity index (χ3n) is 3.07. The smallest absolute Gasteiger partial charge is 0.211 e. The third kappa shape index (κ3) is 8.80. The Balaban J connectivity index is 2.17. The molecule has 0 radical (unpaired) electrons. The number of halogens is 1. The van der Waals surface area contributed by atoms with Crippen molar-refractivity contribution in [2.75, 3.05) is 25.4 Å². The Hall–Kier alpha value is -0.980. The lowest BCUT2D eigenvalue weighted by atomic mass is 10.1. The van der Waals surface area contributed by atoms with E-state index in [0.717, 1.165) is 31.5 Å². The van der Waals surface area contributed by atoms with Crippen LogP contribution in [-0.2, 0) is 16.4 Å². The first-order valence-corrected chi connectivity index (χ1v) is 9.11. The number of rotatable bonds is 11. The maximum atomic E-state index is 13.0. The van der Waals surface area contributed by atoms with E-state index >= 15 is 0 Å². The van der Waals surface area contributed by atoms with Gasteiger partial charge in [0, 0.05) is 6.54 Å². The zero-order chi connectivity index (χ0) is 15.6. The molecular weight excluding hydrogens is 291 g/mol. The fraction of sp³-hybridized carbons (Fsp3) is 0.600. The molecule has 0 aliphatic heterocycles. The van der Waals surface area contributed by atoms with Crippen LogP contribution in [-0.4, -0.2) is 33.8 Å². The number of nitrogens with one attached hydrogen (secondary N) is 2. The standard InChI is InChI=1S/C15H25FN2O2S/c1-2-9-17-10-3-4-12-21(19,20)18-11-8-14-6-5-7-15(16)13-14/h5-7,13,17-18H,2-4,8-12H2,1H3. The van der Waals surface area contributed by atoms with Crippen LogP contribution in [0.15, 0.2) is 24.3 Å². The summed E-state index contributed by atoms with van der Waals surface area (Å²) in [5.74, 6) is -0.154. The summed E-state index contributed by atoms with van der Waals surface area (Å²) >= 11 is 0. The number of hydrogen-bond donors (Lipinski definition) is 2. The average Bonchev–Trinajstić information content (AvgIpc) is 2.42.